The zero-order valence-electron chi connectivity index (χ0n) is 9.83. The number of hydrogen-bond donors (Lipinski definition) is 0. The van der Waals surface area contributed by atoms with Crippen molar-refractivity contribution in [1.29, 1.82) is 0 Å². The van der Waals surface area contributed by atoms with Gasteiger partial charge in [0.2, 0.25) is 0 Å². The molecule has 3 aromatic rings. The van der Waals surface area contributed by atoms with Gasteiger partial charge < -0.3 is 9.15 Å². The average Bonchev–Trinajstić information content (AvgIpc) is 3.07. The van der Waals surface area contributed by atoms with E-state index in [0.717, 1.165) is 0 Å². The molecule has 0 N–H and O–H groups in total. The number of fused-ring (bicyclic) bond motifs is 1. The maximum atomic E-state index is 11.8. The summed E-state index contributed by atoms with van der Waals surface area (Å²) >= 11 is 3.34. The highest BCUT2D eigenvalue weighted by molar-refractivity contribution is 9.10. The summed E-state index contributed by atoms with van der Waals surface area (Å²) in [6, 6.07) is 5.10. The first-order valence-corrected chi connectivity index (χ1v) is 6.16. The molecule has 7 heteroatoms. The third kappa shape index (κ3) is 1.91. The van der Waals surface area contributed by atoms with Gasteiger partial charge in [0.25, 0.3) is 0 Å². The molecule has 0 aromatic carbocycles. The minimum absolute atomic E-state index is 0.282. The molecule has 96 valence electrons. The number of carbonyl (C=O) groups excluding carboxylic acids is 1. The van der Waals surface area contributed by atoms with Crippen LogP contribution in [0.1, 0.15) is 10.5 Å². The first kappa shape index (κ1) is 11.9. The van der Waals surface area contributed by atoms with E-state index in [1.54, 1.807) is 30.7 Å². The molecule has 6 nitrogen and oxygen atoms in total. The molecule has 3 aromatic heterocycles. The Morgan fingerprint density at radius 3 is 3.05 bits per heavy atom. The summed E-state index contributed by atoms with van der Waals surface area (Å²) in [6.45, 7) is 0. The van der Waals surface area contributed by atoms with Gasteiger partial charge in [-0.3, -0.25) is 0 Å². The lowest BCUT2D eigenvalue weighted by Crippen LogP contribution is -2.10. The highest BCUT2D eigenvalue weighted by Crippen LogP contribution is 2.24. The van der Waals surface area contributed by atoms with Crippen molar-refractivity contribution in [3.05, 3.63) is 40.8 Å². The molecule has 0 atom stereocenters. The quantitative estimate of drug-likeness (QED) is 0.678. The molecule has 0 saturated carbocycles. The summed E-state index contributed by atoms with van der Waals surface area (Å²) in [6.07, 6.45) is 3.12. The van der Waals surface area contributed by atoms with Crippen molar-refractivity contribution in [3.8, 4) is 11.5 Å². The molecule has 0 bridgehead atoms. The summed E-state index contributed by atoms with van der Waals surface area (Å²) in [5.74, 6) is 0.0801. The topological polar surface area (TPSA) is 69.6 Å². The van der Waals surface area contributed by atoms with E-state index in [2.05, 4.69) is 26.0 Å². The van der Waals surface area contributed by atoms with Crippen molar-refractivity contribution in [3.63, 3.8) is 0 Å². The molecule has 3 rings (SSSR count). The van der Waals surface area contributed by atoms with Gasteiger partial charge in [-0.15, -0.1) is 0 Å². The van der Waals surface area contributed by atoms with E-state index >= 15 is 0 Å². The Balaban J connectivity index is 2.31. The summed E-state index contributed by atoms with van der Waals surface area (Å²) in [7, 11) is 1.32. The Labute approximate surface area is 116 Å². The van der Waals surface area contributed by atoms with Crippen LogP contribution in [0.25, 0.3) is 17.1 Å². The average molecular weight is 322 g/mol. The Hall–Kier alpha value is -2.15. The maximum absolute atomic E-state index is 11.8. The second-order valence-electron chi connectivity index (χ2n) is 3.72. The fourth-order valence-corrected chi connectivity index (χ4v) is 2.08. The summed E-state index contributed by atoms with van der Waals surface area (Å²) < 4.78 is 12.2. The lowest BCUT2D eigenvalue weighted by atomic mass is 10.2. The molecule has 0 aliphatic rings. The third-order valence-electron chi connectivity index (χ3n) is 2.60. The van der Waals surface area contributed by atoms with Gasteiger partial charge in [0, 0.05) is 6.07 Å². The van der Waals surface area contributed by atoms with Crippen molar-refractivity contribution < 1.29 is 13.9 Å². The van der Waals surface area contributed by atoms with Crippen LogP contribution in [-0.2, 0) is 4.74 Å². The van der Waals surface area contributed by atoms with Crippen molar-refractivity contribution >= 4 is 27.5 Å². The molecule has 0 aliphatic heterocycles. The van der Waals surface area contributed by atoms with Crippen LogP contribution in [0.15, 0.2) is 39.5 Å². The standard InChI is InChI=1S/C12H8BrN3O3/c1-18-12(17)9-5-8(10-3-2-4-19-10)15-11-7(13)6-14-16(9)11/h2-6H,1H3. The second kappa shape index (κ2) is 4.51. The van der Waals surface area contributed by atoms with Gasteiger partial charge in [0.05, 0.1) is 24.0 Å². The van der Waals surface area contributed by atoms with Crippen LogP contribution in [0.2, 0.25) is 0 Å². The van der Waals surface area contributed by atoms with Crippen molar-refractivity contribution in [2.75, 3.05) is 7.11 Å². The normalized spacial score (nSPS) is 10.8. The molecule has 0 amide bonds. The van der Waals surface area contributed by atoms with Crippen LogP contribution < -0.4 is 0 Å². The number of hydrogen-bond acceptors (Lipinski definition) is 5. The number of ether oxygens (including phenoxy) is 1. The molecule has 19 heavy (non-hydrogen) atoms. The number of rotatable bonds is 2. The molecular weight excluding hydrogens is 314 g/mol. The first-order valence-electron chi connectivity index (χ1n) is 5.37. The Bertz CT molecular complexity index is 749. The zero-order chi connectivity index (χ0) is 13.4. The smallest absolute Gasteiger partial charge is 0.356 e. The van der Waals surface area contributed by atoms with E-state index in [1.807, 2.05) is 0 Å². The summed E-state index contributed by atoms with van der Waals surface area (Å²) in [5.41, 5.74) is 1.35. The van der Waals surface area contributed by atoms with E-state index in [1.165, 1.54) is 11.6 Å². The predicted octanol–water partition coefficient (Wildman–Crippen LogP) is 2.54. The highest BCUT2D eigenvalue weighted by atomic mass is 79.9. The lowest BCUT2D eigenvalue weighted by Gasteiger charge is -2.05. The second-order valence-corrected chi connectivity index (χ2v) is 4.58. The summed E-state index contributed by atoms with van der Waals surface area (Å²) in [4.78, 5) is 16.2. The molecular formula is C12H8BrN3O3. The monoisotopic (exact) mass is 321 g/mol. The zero-order valence-corrected chi connectivity index (χ0v) is 11.4. The fraction of sp³-hybridized carbons (Fsp3) is 0.0833. The molecule has 0 aliphatic carbocycles. The van der Waals surface area contributed by atoms with Crippen LogP contribution in [0, 0.1) is 0 Å². The van der Waals surface area contributed by atoms with Crippen molar-refractivity contribution in [1.82, 2.24) is 14.6 Å². The van der Waals surface area contributed by atoms with Crippen molar-refractivity contribution in [2.24, 2.45) is 0 Å². The minimum Gasteiger partial charge on any atom is -0.464 e. The number of furan rings is 1. The van der Waals surface area contributed by atoms with E-state index in [0.29, 0.717) is 21.6 Å². The Kier molecular flexibility index (Phi) is 2.83. The number of nitrogens with zero attached hydrogens (tertiary/aromatic N) is 3. The van der Waals surface area contributed by atoms with Gasteiger partial charge in [-0.25, -0.2) is 14.3 Å². The van der Waals surface area contributed by atoms with Gasteiger partial charge in [-0.2, -0.15) is 5.10 Å². The summed E-state index contributed by atoms with van der Waals surface area (Å²) in [5, 5.41) is 4.09. The van der Waals surface area contributed by atoms with E-state index in [-0.39, 0.29) is 5.69 Å². The van der Waals surface area contributed by atoms with E-state index in [9.17, 15) is 4.79 Å². The van der Waals surface area contributed by atoms with Gasteiger partial charge >= 0.3 is 5.97 Å². The van der Waals surface area contributed by atoms with Crippen LogP contribution in [0.3, 0.4) is 0 Å². The van der Waals surface area contributed by atoms with Crippen molar-refractivity contribution in [2.45, 2.75) is 0 Å². The lowest BCUT2D eigenvalue weighted by molar-refractivity contribution is 0.0590. The molecule has 0 radical (unpaired) electrons. The van der Waals surface area contributed by atoms with Gasteiger partial charge in [0.1, 0.15) is 5.69 Å². The number of carbonyl (C=O) groups is 1. The molecule has 3 heterocycles. The van der Waals surface area contributed by atoms with Crippen LogP contribution >= 0.6 is 15.9 Å². The number of aromatic nitrogens is 3. The van der Waals surface area contributed by atoms with E-state index in [4.69, 9.17) is 9.15 Å². The maximum Gasteiger partial charge on any atom is 0.356 e. The largest absolute Gasteiger partial charge is 0.464 e. The Morgan fingerprint density at radius 2 is 2.37 bits per heavy atom. The number of esters is 1. The molecule has 0 spiro atoms. The third-order valence-corrected chi connectivity index (χ3v) is 3.16. The number of halogens is 1. The van der Waals surface area contributed by atoms with Gasteiger partial charge in [0.15, 0.2) is 17.1 Å². The van der Waals surface area contributed by atoms with Crippen LogP contribution in [-0.4, -0.2) is 27.7 Å². The predicted molar refractivity (Wildman–Crippen MR) is 69.7 cm³/mol. The SMILES string of the molecule is COC(=O)c1cc(-c2ccco2)nc2c(Br)cnn12. The Morgan fingerprint density at radius 1 is 1.53 bits per heavy atom. The van der Waals surface area contributed by atoms with Crippen LogP contribution in [0.4, 0.5) is 0 Å². The van der Waals surface area contributed by atoms with Crippen LogP contribution in [0.5, 0.6) is 0 Å². The van der Waals surface area contributed by atoms with E-state index < -0.39 is 5.97 Å². The molecule has 0 unspecified atom stereocenters. The minimum atomic E-state index is -0.490. The highest BCUT2D eigenvalue weighted by Gasteiger charge is 2.17. The number of methoxy groups -OCH3 is 1. The first-order chi connectivity index (χ1) is 9.20. The van der Waals surface area contributed by atoms with Gasteiger partial charge in [-0.05, 0) is 28.1 Å². The fourth-order valence-electron chi connectivity index (χ4n) is 1.74. The molecule has 0 fully saturated rings. The molecule has 0 saturated heterocycles. The van der Waals surface area contributed by atoms with Gasteiger partial charge in [-0.1, -0.05) is 0 Å².